The van der Waals surface area contributed by atoms with E-state index < -0.39 is 20.2 Å². The van der Waals surface area contributed by atoms with Crippen LogP contribution < -0.4 is 59.1 Å². The molecule has 0 unspecified atom stereocenters. The Kier molecular flexibility index (Phi) is 24.5. The second-order valence-electron chi connectivity index (χ2n) is 5.00. The average Bonchev–Trinajstić information content (AvgIpc) is 2.36. The van der Waals surface area contributed by atoms with Gasteiger partial charge in [0.25, 0.3) is 0 Å². The summed E-state index contributed by atoms with van der Waals surface area (Å²) in [5.74, 6) is 1.48. The van der Waals surface area contributed by atoms with Crippen molar-refractivity contribution in [3.05, 3.63) is 0 Å². The van der Waals surface area contributed by atoms with E-state index >= 15 is 0 Å². The summed E-state index contributed by atoms with van der Waals surface area (Å²) in [5, 5.41) is 0. The molecule has 6 nitrogen and oxygen atoms in total. The Hall–Kier alpha value is 2.52. The molecule has 0 heterocycles. The van der Waals surface area contributed by atoms with E-state index in [0.717, 1.165) is 50.0 Å². The van der Waals surface area contributed by atoms with Crippen LogP contribution in [0.4, 0.5) is 0 Å². The average molecular weight is 439 g/mol. The van der Waals surface area contributed by atoms with Gasteiger partial charge in [0, 0.05) is 23.0 Å². The van der Waals surface area contributed by atoms with Gasteiger partial charge in [-0.05, 0) is 25.7 Å². The van der Waals surface area contributed by atoms with E-state index in [1.54, 1.807) is 21.6 Å². The third kappa shape index (κ3) is 29.3. The summed E-state index contributed by atoms with van der Waals surface area (Å²) in [4.78, 5) is 0. The summed E-state index contributed by atoms with van der Waals surface area (Å²) in [7, 11) is -4.56. The molecule has 0 aromatic rings. The molecule has 0 fully saturated rings. The van der Waals surface area contributed by atoms with Crippen molar-refractivity contribution in [2.45, 2.75) is 51.4 Å². The molecule has 0 aromatic carbocycles. The second kappa shape index (κ2) is 18.9. The minimum Gasteiger partial charge on any atom is -0.748 e. The molecule has 0 spiro atoms. The van der Waals surface area contributed by atoms with E-state index in [0.29, 0.717) is 12.8 Å². The maximum Gasteiger partial charge on any atom is 1.00 e. The Morgan fingerprint density at radius 2 is 0.833 bits per heavy atom. The summed E-state index contributed by atoms with van der Waals surface area (Å²) >= 11 is 0. The van der Waals surface area contributed by atoms with Crippen molar-refractivity contribution in [3.63, 3.8) is 0 Å². The smallest absolute Gasteiger partial charge is 0.748 e. The molecular weight excluding hydrogens is 414 g/mol. The van der Waals surface area contributed by atoms with Crippen LogP contribution in [-0.4, -0.2) is 49.0 Å². The number of rotatable bonds is 15. The monoisotopic (exact) mass is 438 g/mol. The zero-order valence-electron chi connectivity index (χ0n) is 14.6. The van der Waals surface area contributed by atoms with Crippen LogP contribution in [0, 0.1) is 0 Å². The molecule has 24 heavy (non-hydrogen) atoms. The van der Waals surface area contributed by atoms with Gasteiger partial charge in [0.2, 0.25) is 0 Å². The van der Waals surface area contributed by atoms with Crippen molar-refractivity contribution in [2.24, 2.45) is 0 Å². The van der Waals surface area contributed by atoms with Crippen LogP contribution in [0.2, 0.25) is 0 Å². The van der Waals surface area contributed by atoms with Gasteiger partial charge in [-0.1, -0.05) is 47.3 Å². The molecule has 12 heteroatoms. The zero-order valence-corrected chi connectivity index (χ0v) is 21.8. The van der Waals surface area contributed by atoms with E-state index in [-0.39, 0.29) is 70.6 Å². The van der Waals surface area contributed by atoms with Gasteiger partial charge in [0.05, 0.1) is 20.2 Å². The summed E-state index contributed by atoms with van der Waals surface area (Å²) in [6, 6.07) is 0. The summed E-state index contributed by atoms with van der Waals surface area (Å²) in [6.07, 6.45) is 6.34. The molecule has 0 N–H and O–H groups in total. The fraction of sp³-hybridized carbons (Fsp3) is 1.00. The SMILES string of the molecule is O=S(=O)([O-])CCCCCCSSCCCCCCS(=O)(=O)[O-].[Na+].[Na+]. The zero-order chi connectivity index (χ0) is 16.9. The fourth-order valence-corrected chi connectivity index (χ4v) is 5.11. The van der Waals surface area contributed by atoms with Crippen LogP contribution in [0.1, 0.15) is 51.4 Å². The van der Waals surface area contributed by atoms with Crippen molar-refractivity contribution < 1.29 is 85.1 Å². The molecular formula is C12H24Na2O6S4. The summed E-state index contributed by atoms with van der Waals surface area (Å²) < 4.78 is 62.2. The molecule has 0 amide bonds. The number of unbranched alkanes of at least 4 members (excludes halogenated alkanes) is 6. The molecule has 134 valence electrons. The molecule has 0 atom stereocenters. The summed E-state index contributed by atoms with van der Waals surface area (Å²) in [6.45, 7) is 0. The topological polar surface area (TPSA) is 114 Å². The first kappa shape index (κ1) is 31.2. The molecule has 0 aromatic heterocycles. The summed E-state index contributed by atoms with van der Waals surface area (Å²) in [5.41, 5.74) is 0. The number of hydrogen-bond acceptors (Lipinski definition) is 8. The Bertz CT molecular complexity index is 426. The van der Waals surface area contributed by atoms with Crippen LogP contribution in [-0.2, 0) is 20.2 Å². The van der Waals surface area contributed by atoms with Crippen LogP contribution in [0.3, 0.4) is 0 Å². The Morgan fingerprint density at radius 3 is 1.12 bits per heavy atom. The van der Waals surface area contributed by atoms with Gasteiger partial charge in [-0.25, -0.2) is 16.8 Å². The van der Waals surface area contributed by atoms with Gasteiger partial charge in [-0.3, -0.25) is 0 Å². The van der Waals surface area contributed by atoms with Crippen molar-refractivity contribution in [1.82, 2.24) is 0 Å². The quantitative estimate of drug-likeness (QED) is 0.112. The molecule has 0 saturated heterocycles. The molecule has 0 rings (SSSR count). The standard InChI is InChI=1S/C12H26O6S4.2Na/c13-21(14,15)11-7-3-1-5-9-19-20-10-6-2-4-8-12-22(16,17)18;;/h1-12H2,(H,13,14,15)(H,16,17,18);;/q;2*+1/p-2. The van der Waals surface area contributed by atoms with Crippen molar-refractivity contribution in [2.75, 3.05) is 23.0 Å². The molecule has 0 radical (unpaired) electrons. The molecule has 0 saturated carbocycles. The van der Waals surface area contributed by atoms with Gasteiger partial charge >= 0.3 is 59.1 Å². The van der Waals surface area contributed by atoms with Crippen molar-refractivity contribution >= 4 is 41.8 Å². The van der Waals surface area contributed by atoms with Crippen molar-refractivity contribution in [1.29, 1.82) is 0 Å². The van der Waals surface area contributed by atoms with E-state index in [1.807, 2.05) is 0 Å². The fourth-order valence-electron chi connectivity index (χ4n) is 1.70. The van der Waals surface area contributed by atoms with Gasteiger partial charge in [-0.15, -0.1) is 0 Å². The first-order valence-electron chi connectivity index (χ1n) is 7.32. The maximum atomic E-state index is 10.4. The first-order chi connectivity index (χ1) is 10.2. The Morgan fingerprint density at radius 1 is 0.542 bits per heavy atom. The molecule has 0 bridgehead atoms. The Balaban J connectivity index is -0.00000220. The predicted octanol–water partition coefficient (Wildman–Crippen LogP) is -3.41. The van der Waals surface area contributed by atoms with E-state index in [9.17, 15) is 25.9 Å². The third-order valence-corrected chi connectivity index (χ3v) is 6.98. The maximum absolute atomic E-state index is 10.4. The van der Waals surface area contributed by atoms with Crippen LogP contribution in [0.5, 0.6) is 0 Å². The first-order valence-corrected chi connectivity index (χ1v) is 13.0. The van der Waals surface area contributed by atoms with E-state index in [1.165, 1.54) is 0 Å². The van der Waals surface area contributed by atoms with Crippen LogP contribution >= 0.6 is 21.6 Å². The van der Waals surface area contributed by atoms with E-state index in [4.69, 9.17) is 0 Å². The normalized spacial score (nSPS) is 11.6. The minimum atomic E-state index is -4.06. The second-order valence-corrected chi connectivity index (χ2v) is 10.7. The van der Waals surface area contributed by atoms with Gasteiger partial charge in [-0.2, -0.15) is 0 Å². The van der Waals surface area contributed by atoms with Gasteiger partial charge in [0.1, 0.15) is 0 Å². The van der Waals surface area contributed by atoms with Crippen molar-refractivity contribution in [3.8, 4) is 0 Å². The third-order valence-electron chi connectivity index (χ3n) is 2.83. The van der Waals surface area contributed by atoms with Gasteiger partial charge in [0.15, 0.2) is 0 Å². The van der Waals surface area contributed by atoms with Crippen LogP contribution in [0.25, 0.3) is 0 Å². The number of hydrogen-bond donors (Lipinski definition) is 0. The molecule has 0 aliphatic heterocycles. The molecule has 0 aliphatic carbocycles. The largest absolute Gasteiger partial charge is 1.00 e. The van der Waals surface area contributed by atoms with E-state index in [2.05, 4.69) is 0 Å². The molecule has 0 aliphatic rings. The predicted molar refractivity (Wildman–Crippen MR) is 91.0 cm³/mol. The van der Waals surface area contributed by atoms with Gasteiger partial charge < -0.3 is 9.11 Å². The Labute approximate surface area is 198 Å². The van der Waals surface area contributed by atoms with Crippen LogP contribution in [0.15, 0.2) is 0 Å². The minimum absolute atomic E-state index is 0.